The van der Waals surface area contributed by atoms with Crippen LogP contribution in [0.5, 0.6) is 0 Å². The molecule has 1 saturated heterocycles. The van der Waals surface area contributed by atoms with Crippen molar-refractivity contribution in [1.29, 1.82) is 0 Å². The Morgan fingerprint density at radius 2 is 1.93 bits per heavy atom. The van der Waals surface area contributed by atoms with Crippen LogP contribution in [0.4, 0.5) is 25.0 Å². The molecule has 2 fully saturated rings. The number of pyridine rings is 1. The van der Waals surface area contributed by atoms with Crippen molar-refractivity contribution in [2.45, 2.75) is 44.8 Å². The summed E-state index contributed by atoms with van der Waals surface area (Å²) in [7, 11) is 0. The van der Waals surface area contributed by atoms with E-state index in [9.17, 15) is 18.0 Å². The van der Waals surface area contributed by atoms with E-state index < -0.39 is 17.9 Å². The van der Waals surface area contributed by atoms with Gasteiger partial charge in [0.15, 0.2) is 0 Å². The number of hydrogen-bond donors (Lipinski definition) is 2. The molecule has 156 valence electrons. The molecule has 29 heavy (non-hydrogen) atoms. The third kappa shape index (κ3) is 3.99. The molecule has 11 heteroatoms. The van der Waals surface area contributed by atoms with Gasteiger partial charge in [0.05, 0.1) is 5.56 Å². The fraction of sp³-hybridized carbons (Fsp3) is 0.556. The molecule has 1 saturated carbocycles. The van der Waals surface area contributed by atoms with Crippen molar-refractivity contribution in [1.82, 2.24) is 20.1 Å². The molecule has 0 unspecified atom stereocenters. The van der Waals surface area contributed by atoms with Gasteiger partial charge < -0.3 is 20.4 Å². The van der Waals surface area contributed by atoms with Gasteiger partial charge in [-0.3, -0.25) is 4.79 Å². The third-order valence-electron chi connectivity index (χ3n) is 5.67. The Hall–Kier alpha value is -2.85. The standard InChI is InChI=1S/C18H21F3N6O2/c1-10(15(28)27-8-6-17(4-5-17)7-9-27)23-16-26-25-14(29-16)11-2-3-12(18(19,20)21)24-13(11)22/h2-3,10H,4-9H2,1H3,(H2,22,24)(H,23,26)/t10-/m1/s1. The summed E-state index contributed by atoms with van der Waals surface area (Å²) in [5.41, 5.74) is 5.07. The van der Waals surface area contributed by atoms with Gasteiger partial charge in [-0.15, -0.1) is 5.10 Å². The normalized spacial score (nSPS) is 19.2. The largest absolute Gasteiger partial charge is 0.433 e. The Morgan fingerprint density at radius 1 is 1.24 bits per heavy atom. The SMILES string of the molecule is C[C@@H](Nc1nnc(-c2ccc(C(F)(F)F)nc2N)o1)C(=O)N1CCC2(CC1)CC2. The molecular formula is C18H21F3N6O2. The Kier molecular flexibility index (Phi) is 4.62. The molecule has 3 N–H and O–H groups in total. The fourth-order valence-corrected chi connectivity index (χ4v) is 3.60. The number of halogens is 3. The number of hydrogen-bond acceptors (Lipinski definition) is 7. The van der Waals surface area contributed by atoms with E-state index in [1.165, 1.54) is 12.8 Å². The number of rotatable bonds is 4. The number of nitrogens with one attached hydrogen (secondary N) is 1. The number of anilines is 2. The molecule has 0 bridgehead atoms. The predicted octanol–water partition coefficient (Wildman–Crippen LogP) is 2.94. The molecule has 2 aromatic heterocycles. The first kappa shape index (κ1) is 19.5. The maximum absolute atomic E-state index is 12.7. The van der Waals surface area contributed by atoms with Gasteiger partial charge in [0.2, 0.25) is 5.91 Å². The van der Waals surface area contributed by atoms with Crippen molar-refractivity contribution in [2.75, 3.05) is 24.1 Å². The second kappa shape index (κ2) is 6.89. The number of nitrogens with two attached hydrogens (primary N) is 1. The zero-order valence-corrected chi connectivity index (χ0v) is 15.8. The first-order valence-corrected chi connectivity index (χ1v) is 9.40. The minimum Gasteiger partial charge on any atom is -0.403 e. The molecule has 1 aliphatic carbocycles. The number of nitrogen functional groups attached to an aromatic ring is 1. The van der Waals surface area contributed by atoms with Crippen LogP contribution in [-0.2, 0) is 11.0 Å². The summed E-state index contributed by atoms with van der Waals surface area (Å²) in [5.74, 6) is -0.517. The average Bonchev–Trinajstić information content (AvgIpc) is 3.26. The molecule has 1 amide bonds. The maximum Gasteiger partial charge on any atom is 0.433 e. The Labute approximate surface area is 164 Å². The summed E-state index contributed by atoms with van der Waals surface area (Å²) in [5, 5.41) is 10.4. The summed E-state index contributed by atoms with van der Waals surface area (Å²) in [4.78, 5) is 17.8. The van der Waals surface area contributed by atoms with Gasteiger partial charge >= 0.3 is 12.2 Å². The molecule has 1 atom stereocenters. The van der Waals surface area contributed by atoms with E-state index >= 15 is 0 Å². The second-order valence-electron chi connectivity index (χ2n) is 7.73. The summed E-state index contributed by atoms with van der Waals surface area (Å²) < 4.78 is 43.5. The highest BCUT2D eigenvalue weighted by atomic mass is 19.4. The van der Waals surface area contributed by atoms with E-state index in [4.69, 9.17) is 10.2 Å². The molecule has 0 radical (unpaired) electrons. The summed E-state index contributed by atoms with van der Waals surface area (Å²) >= 11 is 0. The molecule has 8 nitrogen and oxygen atoms in total. The smallest absolute Gasteiger partial charge is 0.403 e. The van der Waals surface area contributed by atoms with Crippen LogP contribution in [-0.4, -0.2) is 45.1 Å². The molecule has 2 aromatic rings. The van der Waals surface area contributed by atoms with Gasteiger partial charge in [0.25, 0.3) is 5.89 Å². The number of aromatic nitrogens is 3. The van der Waals surface area contributed by atoms with Crippen LogP contribution >= 0.6 is 0 Å². The van der Waals surface area contributed by atoms with Gasteiger partial charge in [0, 0.05) is 13.1 Å². The van der Waals surface area contributed by atoms with Crippen molar-refractivity contribution in [3.8, 4) is 11.5 Å². The highest BCUT2D eigenvalue weighted by Crippen LogP contribution is 2.53. The van der Waals surface area contributed by atoms with E-state index in [1.54, 1.807) is 6.92 Å². The minimum atomic E-state index is -4.60. The monoisotopic (exact) mass is 410 g/mol. The molecular weight excluding hydrogens is 389 g/mol. The van der Waals surface area contributed by atoms with Gasteiger partial charge in [-0.2, -0.15) is 13.2 Å². The molecule has 2 aliphatic rings. The highest BCUT2D eigenvalue weighted by molar-refractivity contribution is 5.83. The number of amides is 1. The molecule has 3 heterocycles. The predicted molar refractivity (Wildman–Crippen MR) is 97.5 cm³/mol. The highest BCUT2D eigenvalue weighted by Gasteiger charge is 2.45. The Morgan fingerprint density at radius 3 is 2.52 bits per heavy atom. The van der Waals surface area contributed by atoms with E-state index in [2.05, 4.69) is 20.5 Å². The number of nitrogens with zero attached hydrogens (tertiary/aromatic N) is 4. The zero-order chi connectivity index (χ0) is 20.8. The van der Waals surface area contributed by atoms with Crippen molar-refractivity contribution in [3.05, 3.63) is 17.8 Å². The van der Waals surface area contributed by atoms with E-state index in [1.807, 2.05) is 4.90 Å². The number of likely N-dealkylation sites (tertiary alicyclic amines) is 1. The molecule has 4 rings (SSSR count). The van der Waals surface area contributed by atoms with Crippen LogP contribution in [0.25, 0.3) is 11.5 Å². The van der Waals surface area contributed by atoms with Crippen LogP contribution in [0.1, 0.15) is 38.3 Å². The van der Waals surface area contributed by atoms with Gasteiger partial charge in [-0.1, -0.05) is 5.10 Å². The topological polar surface area (TPSA) is 110 Å². The first-order valence-electron chi connectivity index (χ1n) is 9.40. The second-order valence-corrected chi connectivity index (χ2v) is 7.73. The summed E-state index contributed by atoms with van der Waals surface area (Å²) in [6.45, 7) is 3.18. The average molecular weight is 410 g/mol. The Balaban J connectivity index is 1.40. The summed E-state index contributed by atoms with van der Waals surface area (Å²) in [6, 6.07) is 1.31. The lowest BCUT2D eigenvalue weighted by Gasteiger charge is -2.33. The number of carbonyl (C=O) groups is 1. The van der Waals surface area contributed by atoms with Crippen LogP contribution in [0.15, 0.2) is 16.5 Å². The van der Waals surface area contributed by atoms with Crippen molar-refractivity contribution < 1.29 is 22.4 Å². The van der Waals surface area contributed by atoms with E-state index in [-0.39, 0.29) is 29.2 Å². The van der Waals surface area contributed by atoms with Crippen LogP contribution < -0.4 is 11.1 Å². The number of alkyl halides is 3. The lowest BCUT2D eigenvalue weighted by molar-refractivity contribution is -0.141. The third-order valence-corrected chi connectivity index (χ3v) is 5.67. The van der Waals surface area contributed by atoms with Crippen LogP contribution in [0, 0.1) is 5.41 Å². The molecule has 1 aliphatic heterocycles. The number of piperidine rings is 1. The fourth-order valence-electron chi connectivity index (χ4n) is 3.60. The molecule has 1 spiro atoms. The van der Waals surface area contributed by atoms with Crippen LogP contribution in [0.2, 0.25) is 0 Å². The lowest BCUT2D eigenvalue weighted by Crippen LogP contribution is -2.45. The molecule has 0 aromatic carbocycles. The lowest BCUT2D eigenvalue weighted by atomic mass is 9.93. The van der Waals surface area contributed by atoms with Gasteiger partial charge in [-0.05, 0) is 50.2 Å². The van der Waals surface area contributed by atoms with Crippen LogP contribution in [0.3, 0.4) is 0 Å². The minimum absolute atomic E-state index is 0.0178. The number of carbonyl (C=O) groups excluding carboxylic acids is 1. The van der Waals surface area contributed by atoms with E-state index in [0.717, 1.165) is 38.1 Å². The van der Waals surface area contributed by atoms with E-state index in [0.29, 0.717) is 5.41 Å². The zero-order valence-electron chi connectivity index (χ0n) is 15.8. The van der Waals surface area contributed by atoms with Crippen molar-refractivity contribution >= 4 is 17.7 Å². The van der Waals surface area contributed by atoms with Crippen molar-refractivity contribution in [3.63, 3.8) is 0 Å². The maximum atomic E-state index is 12.7. The van der Waals surface area contributed by atoms with Crippen molar-refractivity contribution in [2.24, 2.45) is 5.41 Å². The Bertz CT molecular complexity index is 915. The first-order chi connectivity index (χ1) is 13.7. The van der Waals surface area contributed by atoms with Gasteiger partial charge in [0.1, 0.15) is 17.6 Å². The summed E-state index contributed by atoms with van der Waals surface area (Å²) in [6.07, 6.45) is -0.00456. The quantitative estimate of drug-likeness (QED) is 0.797. The van der Waals surface area contributed by atoms with Gasteiger partial charge in [-0.25, -0.2) is 4.98 Å².